The van der Waals surface area contributed by atoms with Crippen molar-refractivity contribution in [1.82, 2.24) is 20.1 Å². The van der Waals surface area contributed by atoms with Crippen molar-refractivity contribution in [2.24, 2.45) is 0 Å². The molecule has 2 aromatic carbocycles. The Hall–Kier alpha value is -2.92. The van der Waals surface area contributed by atoms with Gasteiger partial charge in [0.1, 0.15) is 0 Å². The van der Waals surface area contributed by atoms with E-state index in [4.69, 9.17) is 4.42 Å². The van der Waals surface area contributed by atoms with Crippen LogP contribution in [0.2, 0.25) is 0 Å². The van der Waals surface area contributed by atoms with Crippen LogP contribution in [0.1, 0.15) is 30.2 Å². The van der Waals surface area contributed by atoms with Gasteiger partial charge in [0.25, 0.3) is 0 Å². The first-order valence-electron chi connectivity index (χ1n) is 10.6. The molecule has 2 aromatic heterocycles. The molecule has 0 spiro atoms. The van der Waals surface area contributed by atoms with Crippen LogP contribution in [0.15, 0.2) is 57.3 Å². The van der Waals surface area contributed by atoms with Gasteiger partial charge in [-0.1, -0.05) is 23.9 Å². The van der Waals surface area contributed by atoms with Crippen molar-refractivity contribution >= 4 is 39.2 Å². The Kier molecular flexibility index (Phi) is 6.30. The first kappa shape index (κ1) is 22.9. The summed E-state index contributed by atoms with van der Waals surface area (Å²) in [7, 11) is 0. The van der Waals surface area contributed by atoms with E-state index in [1.165, 1.54) is 23.9 Å². The lowest BCUT2D eigenvalue weighted by Gasteiger charge is -2.31. The average molecular weight is 505 g/mol. The summed E-state index contributed by atoms with van der Waals surface area (Å²) in [4.78, 5) is 19.2. The normalized spacial score (nSPS) is 16.8. The van der Waals surface area contributed by atoms with Crippen LogP contribution in [-0.2, 0) is 11.0 Å². The highest BCUT2D eigenvalue weighted by Gasteiger charge is 2.31. The number of nitrogens with zero attached hydrogens (tertiary/aromatic N) is 4. The highest BCUT2D eigenvalue weighted by molar-refractivity contribution is 8.01. The molecular weight excluding hydrogens is 485 g/mol. The van der Waals surface area contributed by atoms with E-state index in [-0.39, 0.29) is 17.7 Å². The zero-order valence-corrected chi connectivity index (χ0v) is 19.4. The number of halogens is 3. The van der Waals surface area contributed by atoms with Crippen molar-refractivity contribution in [1.29, 1.82) is 0 Å². The lowest BCUT2D eigenvalue weighted by atomic mass is 9.98. The summed E-state index contributed by atoms with van der Waals surface area (Å²) < 4.78 is 46.1. The molecule has 0 saturated carbocycles. The molecule has 0 aliphatic carbocycles. The molecule has 1 unspecified atom stereocenters. The fourth-order valence-electron chi connectivity index (χ4n) is 3.85. The number of aromatic nitrogens is 3. The molecule has 1 amide bonds. The van der Waals surface area contributed by atoms with E-state index in [2.05, 4.69) is 15.2 Å². The van der Waals surface area contributed by atoms with Gasteiger partial charge in [-0.05, 0) is 49.2 Å². The van der Waals surface area contributed by atoms with Crippen LogP contribution in [0, 0.1) is 0 Å². The molecule has 1 fully saturated rings. The number of thioether (sulfide) groups is 1. The number of likely N-dealkylation sites (tertiary alicyclic amines) is 1. The molecule has 0 bridgehead atoms. The number of hydrogen-bond donors (Lipinski definition) is 0. The molecule has 6 nitrogen and oxygen atoms in total. The summed E-state index contributed by atoms with van der Waals surface area (Å²) in [6, 6.07) is 12.5. The Balaban J connectivity index is 1.21. The van der Waals surface area contributed by atoms with Gasteiger partial charge in [0.15, 0.2) is 4.34 Å². The molecule has 0 radical (unpaired) electrons. The minimum atomic E-state index is -4.40. The van der Waals surface area contributed by atoms with E-state index in [1.807, 2.05) is 24.3 Å². The third kappa shape index (κ3) is 4.95. The number of carbonyl (C=O) groups is 1. The largest absolute Gasteiger partial charge is 0.420 e. The van der Waals surface area contributed by atoms with Crippen molar-refractivity contribution in [3.05, 3.63) is 60.0 Å². The van der Waals surface area contributed by atoms with Gasteiger partial charge in [-0.15, -0.1) is 21.5 Å². The van der Waals surface area contributed by atoms with Crippen molar-refractivity contribution in [2.45, 2.75) is 29.3 Å². The monoisotopic (exact) mass is 504 g/mol. The summed E-state index contributed by atoms with van der Waals surface area (Å²) >= 11 is 3.01. The molecule has 1 aliphatic heterocycles. The third-order valence-corrected chi connectivity index (χ3v) is 7.78. The van der Waals surface area contributed by atoms with Crippen LogP contribution in [0.25, 0.3) is 21.7 Å². The van der Waals surface area contributed by atoms with Crippen molar-refractivity contribution in [2.75, 3.05) is 18.8 Å². The first-order chi connectivity index (χ1) is 16.4. The molecule has 1 aliphatic rings. The van der Waals surface area contributed by atoms with Gasteiger partial charge in [-0.2, -0.15) is 13.2 Å². The van der Waals surface area contributed by atoms with E-state index in [0.717, 1.165) is 39.5 Å². The van der Waals surface area contributed by atoms with E-state index >= 15 is 0 Å². The van der Waals surface area contributed by atoms with E-state index in [1.54, 1.807) is 16.2 Å². The predicted molar refractivity (Wildman–Crippen MR) is 124 cm³/mol. The summed E-state index contributed by atoms with van der Waals surface area (Å²) in [5.41, 5.74) is 0.615. The number of rotatable bonds is 5. The number of fused-ring (bicyclic) bond motifs is 1. The van der Waals surface area contributed by atoms with Crippen LogP contribution in [-0.4, -0.2) is 44.8 Å². The highest BCUT2D eigenvalue weighted by Crippen LogP contribution is 2.33. The molecule has 4 aromatic rings. The number of benzene rings is 2. The number of alkyl halides is 3. The Morgan fingerprint density at radius 3 is 2.71 bits per heavy atom. The van der Waals surface area contributed by atoms with E-state index < -0.39 is 11.7 Å². The van der Waals surface area contributed by atoms with Crippen LogP contribution in [0.5, 0.6) is 0 Å². The smallest absolute Gasteiger partial charge is 0.416 e. The highest BCUT2D eigenvalue weighted by atomic mass is 32.2. The Labute approximate surface area is 201 Å². The second-order valence-corrected chi connectivity index (χ2v) is 10.2. The summed E-state index contributed by atoms with van der Waals surface area (Å²) in [5.74, 6) is 0.773. The maximum absolute atomic E-state index is 12.8. The molecule has 34 heavy (non-hydrogen) atoms. The van der Waals surface area contributed by atoms with Gasteiger partial charge in [-0.25, -0.2) is 4.98 Å². The fourth-order valence-corrected chi connectivity index (χ4v) is 5.82. The topological polar surface area (TPSA) is 72.1 Å². The van der Waals surface area contributed by atoms with Crippen molar-refractivity contribution in [3.63, 3.8) is 0 Å². The molecule has 1 saturated heterocycles. The predicted octanol–water partition coefficient (Wildman–Crippen LogP) is 5.86. The standard InChI is InChI=1S/C23H19F3N4O2S2/c24-23(25,26)16-9-7-14(8-10-16)20-28-29-21(32-20)15-4-3-11-30(12-15)19(31)13-33-22-27-17-5-1-2-6-18(17)34-22/h1-2,5-10,15H,3-4,11-13H2. The quantitative estimate of drug-likeness (QED) is 0.317. The molecular formula is C23H19F3N4O2S2. The third-order valence-electron chi connectivity index (χ3n) is 5.62. The number of thiazole rings is 1. The van der Waals surface area contributed by atoms with Crippen molar-refractivity contribution in [3.8, 4) is 11.5 Å². The number of hydrogen-bond acceptors (Lipinski definition) is 7. The number of carbonyl (C=O) groups excluding carboxylic acids is 1. The summed E-state index contributed by atoms with van der Waals surface area (Å²) in [6.45, 7) is 1.13. The minimum Gasteiger partial charge on any atom is -0.420 e. The van der Waals surface area contributed by atoms with Crippen LogP contribution >= 0.6 is 23.1 Å². The van der Waals surface area contributed by atoms with E-state index in [9.17, 15) is 18.0 Å². The Morgan fingerprint density at radius 2 is 1.94 bits per heavy atom. The number of piperidine rings is 1. The molecule has 5 rings (SSSR count). The van der Waals surface area contributed by atoms with Gasteiger partial charge < -0.3 is 9.32 Å². The minimum absolute atomic E-state index is 0.0245. The van der Waals surface area contributed by atoms with Crippen molar-refractivity contribution < 1.29 is 22.4 Å². The summed E-state index contributed by atoms with van der Waals surface area (Å²) in [6.07, 6.45) is -2.80. The van der Waals surface area contributed by atoms with Crippen LogP contribution in [0.3, 0.4) is 0 Å². The van der Waals surface area contributed by atoms with E-state index in [0.29, 0.717) is 30.3 Å². The Bertz CT molecular complexity index is 1270. The molecule has 1 atom stereocenters. The molecule has 176 valence electrons. The number of amides is 1. The van der Waals surface area contributed by atoms with Gasteiger partial charge >= 0.3 is 6.18 Å². The second-order valence-electron chi connectivity index (χ2n) is 7.94. The average Bonchev–Trinajstić information content (AvgIpc) is 3.49. The molecule has 3 heterocycles. The SMILES string of the molecule is O=C(CSc1nc2ccccc2s1)N1CCCC(c2nnc(-c3ccc(C(F)(F)F)cc3)o2)C1. The van der Waals surface area contributed by atoms with Gasteiger partial charge in [0.05, 0.1) is 27.5 Å². The summed E-state index contributed by atoms with van der Waals surface area (Å²) in [5, 5.41) is 8.12. The molecule has 11 heteroatoms. The maximum atomic E-state index is 12.8. The lowest BCUT2D eigenvalue weighted by Crippen LogP contribution is -2.40. The van der Waals surface area contributed by atoms with Crippen LogP contribution < -0.4 is 0 Å². The fraction of sp³-hybridized carbons (Fsp3) is 0.304. The van der Waals surface area contributed by atoms with Crippen LogP contribution in [0.4, 0.5) is 13.2 Å². The zero-order chi connectivity index (χ0) is 23.7. The maximum Gasteiger partial charge on any atom is 0.416 e. The van der Waals surface area contributed by atoms with Gasteiger partial charge in [0.2, 0.25) is 17.7 Å². The van der Waals surface area contributed by atoms with Gasteiger partial charge in [0, 0.05) is 18.7 Å². The second kappa shape index (κ2) is 9.38. The first-order valence-corrected chi connectivity index (χ1v) is 12.4. The zero-order valence-electron chi connectivity index (χ0n) is 17.8. The lowest BCUT2D eigenvalue weighted by molar-refractivity contribution is -0.137. The van der Waals surface area contributed by atoms with Gasteiger partial charge in [-0.3, -0.25) is 4.79 Å². The number of para-hydroxylation sites is 1. The molecule has 0 N–H and O–H groups in total. The Morgan fingerprint density at radius 1 is 1.15 bits per heavy atom.